The van der Waals surface area contributed by atoms with Crippen molar-refractivity contribution in [3.05, 3.63) is 0 Å². The molecule has 0 fully saturated rings. The van der Waals surface area contributed by atoms with Gasteiger partial charge in [0.15, 0.2) is 0 Å². The topological polar surface area (TPSA) is 76.1 Å². The zero-order valence-corrected chi connectivity index (χ0v) is 11.3. The summed E-state index contributed by atoms with van der Waals surface area (Å²) < 4.78 is 5.05. The average Bonchev–Trinajstić information content (AvgIpc) is 2.23. The highest BCUT2D eigenvalue weighted by molar-refractivity contribution is 5.71. The number of carbonyl (C=O) groups excluding carboxylic acids is 1. The molecular weight excluding hydrogens is 216 g/mol. The molecule has 0 radical (unpaired) electrons. The van der Waals surface area contributed by atoms with Gasteiger partial charge in [0.25, 0.3) is 0 Å². The van der Waals surface area contributed by atoms with Gasteiger partial charge in [0.2, 0.25) is 0 Å². The van der Waals surface area contributed by atoms with E-state index >= 15 is 0 Å². The van der Waals surface area contributed by atoms with E-state index in [1.54, 1.807) is 6.07 Å². The van der Waals surface area contributed by atoms with E-state index in [-0.39, 0.29) is 18.4 Å². The summed E-state index contributed by atoms with van der Waals surface area (Å²) in [6.07, 6.45) is 0.751. The van der Waals surface area contributed by atoms with Gasteiger partial charge in [-0.15, -0.1) is 0 Å². The smallest absolute Gasteiger partial charge is 0.320 e. The average molecular weight is 240 g/mol. The van der Waals surface area contributed by atoms with E-state index in [0.717, 1.165) is 6.42 Å². The maximum atomic E-state index is 11.1. The maximum absolute atomic E-state index is 11.1. The Hall–Kier alpha value is -1.08. The van der Waals surface area contributed by atoms with E-state index < -0.39 is 5.97 Å². The first-order valence-electron chi connectivity index (χ1n) is 6.16. The molecule has 0 saturated carbocycles. The largest absolute Gasteiger partial charge is 0.465 e. The Bertz CT molecular complexity index is 269. The number of esters is 1. The van der Waals surface area contributed by atoms with Gasteiger partial charge in [0.1, 0.15) is 6.42 Å². The van der Waals surface area contributed by atoms with Crippen LogP contribution in [0.25, 0.3) is 0 Å². The van der Waals surface area contributed by atoms with Gasteiger partial charge >= 0.3 is 5.97 Å². The Morgan fingerprint density at radius 3 is 2.35 bits per heavy atom. The van der Waals surface area contributed by atoms with E-state index in [9.17, 15) is 4.79 Å². The van der Waals surface area contributed by atoms with Crippen LogP contribution in [0.3, 0.4) is 0 Å². The molecule has 17 heavy (non-hydrogen) atoms. The number of hydrogen-bond acceptors (Lipinski definition) is 4. The summed E-state index contributed by atoms with van der Waals surface area (Å²) >= 11 is 0. The molecular formula is C13H24N2O2. The van der Waals surface area contributed by atoms with Gasteiger partial charge in [-0.05, 0) is 25.2 Å². The van der Waals surface area contributed by atoms with Gasteiger partial charge in [0.05, 0.1) is 12.7 Å². The standard InChI is InChI=1S/C13H24N2O2/c1-9(2)10(3)7-12(11(4)15)8-17-13(16)5-6-14/h9-12H,5,7-8,15H2,1-4H3/t10-,11+,12?/m1/s1. The molecule has 4 heteroatoms. The SMILES string of the molecule is CC(C)[C@H](C)CC(COC(=O)CC#N)[C@H](C)N. The predicted molar refractivity (Wildman–Crippen MR) is 66.9 cm³/mol. The molecule has 0 amide bonds. The number of nitrogens with two attached hydrogens (primary N) is 1. The van der Waals surface area contributed by atoms with Crippen LogP contribution < -0.4 is 5.73 Å². The highest BCUT2D eigenvalue weighted by Gasteiger charge is 2.20. The van der Waals surface area contributed by atoms with Gasteiger partial charge < -0.3 is 10.5 Å². The van der Waals surface area contributed by atoms with E-state index in [2.05, 4.69) is 20.8 Å². The van der Waals surface area contributed by atoms with Crippen molar-refractivity contribution in [2.45, 2.75) is 46.6 Å². The molecule has 1 unspecified atom stereocenters. The summed E-state index contributed by atoms with van der Waals surface area (Å²) in [5, 5.41) is 8.35. The Balaban J connectivity index is 4.17. The van der Waals surface area contributed by atoms with Gasteiger partial charge in [-0.2, -0.15) is 5.26 Å². The normalized spacial score (nSPS) is 16.1. The van der Waals surface area contributed by atoms with Gasteiger partial charge in [-0.1, -0.05) is 20.8 Å². The van der Waals surface area contributed by atoms with Crippen molar-refractivity contribution < 1.29 is 9.53 Å². The van der Waals surface area contributed by atoms with Gasteiger partial charge in [0, 0.05) is 12.0 Å². The van der Waals surface area contributed by atoms with Crippen molar-refractivity contribution in [2.75, 3.05) is 6.61 Å². The predicted octanol–water partition coefficient (Wildman–Crippen LogP) is 2.09. The van der Waals surface area contributed by atoms with E-state index in [1.165, 1.54) is 0 Å². The fourth-order valence-electron chi connectivity index (χ4n) is 1.50. The quantitative estimate of drug-likeness (QED) is 0.691. The van der Waals surface area contributed by atoms with Crippen molar-refractivity contribution in [1.82, 2.24) is 0 Å². The third kappa shape index (κ3) is 6.96. The summed E-state index contributed by atoms with van der Waals surface area (Å²) in [5.41, 5.74) is 5.89. The van der Waals surface area contributed by atoms with E-state index in [1.807, 2.05) is 6.92 Å². The molecule has 0 aromatic rings. The Labute approximate surface area is 104 Å². The number of nitrogens with zero attached hydrogens (tertiary/aromatic N) is 1. The van der Waals surface area contributed by atoms with Crippen molar-refractivity contribution in [1.29, 1.82) is 5.26 Å². The van der Waals surface area contributed by atoms with Crippen LogP contribution in [0, 0.1) is 29.1 Å². The molecule has 0 spiro atoms. The first kappa shape index (κ1) is 15.9. The highest BCUT2D eigenvalue weighted by atomic mass is 16.5. The molecule has 0 saturated heterocycles. The van der Waals surface area contributed by atoms with Crippen LogP contribution in [0.4, 0.5) is 0 Å². The maximum Gasteiger partial charge on any atom is 0.320 e. The Morgan fingerprint density at radius 1 is 1.35 bits per heavy atom. The second-order valence-electron chi connectivity index (χ2n) is 5.09. The van der Waals surface area contributed by atoms with Crippen LogP contribution in [0.5, 0.6) is 0 Å². The molecule has 0 aliphatic carbocycles. The third-order valence-corrected chi connectivity index (χ3v) is 3.24. The first-order chi connectivity index (χ1) is 7.88. The molecule has 0 bridgehead atoms. The molecule has 0 rings (SSSR count). The summed E-state index contributed by atoms with van der Waals surface area (Å²) in [5.74, 6) is 0.831. The molecule has 0 aromatic carbocycles. The van der Waals surface area contributed by atoms with Crippen LogP contribution in [-0.4, -0.2) is 18.6 Å². The minimum Gasteiger partial charge on any atom is -0.465 e. The van der Waals surface area contributed by atoms with Crippen LogP contribution in [-0.2, 0) is 9.53 Å². The molecule has 3 atom stereocenters. The number of rotatable bonds is 7. The lowest BCUT2D eigenvalue weighted by Gasteiger charge is -2.25. The van der Waals surface area contributed by atoms with Crippen molar-refractivity contribution in [2.24, 2.45) is 23.5 Å². The molecule has 0 aliphatic heterocycles. The van der Waals surface area contributed by atoms with Crippen LogP contribution >= 0.6 is 0 Å². The third-order valence-electron chi connectivity index (χ3n) is 3.24. The van der Waals surface area contributed by atoms with E-state index in [4.69, 9.17) is 15.7 Å². The van der Waals surface area contributed by atoms with Crippen LogP contribution in [0.1, 0.15) is 40.5 Å². The molecule has 0 aromatic heterocycles. The lowest BCUT2D eigenvalue weighted by molar-refractivity contribution is -0.144. The lowest BCUT2D eigenvalue weighted by Crippen LogP contribution is -2.33. The van der Waals surface area contributed by atoms with Gasteiger partial charge in [-0.3, -0.25) is 4.79 Å². The summed E-state index contributed by atoms with van der Waals surface area (Å²) in [6, 6.07) is 1.77. The van der Waals surface area contributed by atoms with Gasteiger partial charge in [-0.25, -0.2) is 0 Å². The number of carbonyl (C=O) groups is 1. The van der Waals surface area contributed by atoms with E-state index in [0.29, 0.717) is 18.4 Å². The summed E-state index contributed by atoms with van der Waals surface area (Å²) in [6.45, 7) is 8.76. The zero-order valence-electron chi connectivity index (χ0n) is 11.3. The second kappa shape index (κ2) is 8.08. The minimum absolute atomic E-state index is 0.00825. The Morgan fingerprint density at radius 2 is 1.94 bits per heavy atom. The fourth-order valence-corrected chi connectivity index (χ4v) is 1.50. The monoisotopic (exact) mass is 240 g/mol. The van der Waals surface area contributed by atoms with Crippen LogP contribution in [0.2, 0.25) is 0 Å². The number of hydrogen-bond donors (Lipinski definition) is 1. The number of nitriles is 1. The van der Waals surface area contributed by atoms with Crippen LogP contribution in [0.15, 0.2) is 0 Å². The summed E-state index contributed by atoms with van der Waals surface area (Å²) in [4.78, 5) is 11.1. The molecule has 0 heterocycles. The minimum atomic E-state index is -0.463. The van der Waals surface area contributed by atoms with Crippen molar-refractivity contribution in [3.63, 3.8) is 0 Å². The number of ether oxygens (including phenoxy) is 1. The molecule has 2 N–H and O–H groups in total. The molecule has 98 valence electrons. The Kier molecular flexibility index (Phi) is 7.56. The fraction of sp³-hybridized carbons (Fsp3) is 0.846. The van der Waals surface area contributed by atoms with Crippen molar-refractivity contribution in [3.8, 4) is 6.07 Å². The summed E-state index contributed by atoms with van der Waals surface area (Å²) in [7, 11) is 0. The first-order valence-corrected chi connectivity index (χ1v) is 6.16. The molecule has 0 aliphatic rings. The highest BCUT2D eigenvalue weighted by Crippen LogP contribution is 2.21. The second-order valence-corrected chi connectivity index (χ2v) is 5.09. The van der Waals surface area contributed by atoms with Crippen molar-refractivity contribution >= 4 is 5.97 Å². The lowest BCUT2D eigenvalue weighted by atomic mass is 9.85. The zero-order chi connectivity index (χ0) is 13.4. The molecule has 4 nitrogen and oxygen atoms in total.